The molecule has 11 heteroatoms. The third-order valence-corrected chi connectivity index (χ3v) is 5.46. The number of esters is 1. The average Bonchev–Trinajstić information content (AvgIpc) is 3.10. The van der Waals surface area contributed by atoms with Crippen LogP contribution < -0.4 is 11.2 Å². The Morgan fingerprint density at radius 3 is 2.27 bits per heavy atom. The zero-order valence-electron chi connectivity index (χ0n) is 17.0. The number of nitrogen functional groups attached to an aromatic ring is 1. The van der Waals surface area contributed by atoms with E-state index in [-0.39, 0.29) is 16.7 Å². The number of anilines is 1. The fourth-order valence-corrected chi connectivity index (χ4v) is 3.09. The van der Waals surface area contributed by atoms with Gasteiger partial charge in [-0.25, -0.2) is 18.0 Å². The number of nitrogens with zero attached hydrogens (tertiary/aromatic N) is 2. The van der Waals surface area contributed by atoms with Crippen molar-refractivity contribution in [2.75, 3.05) is 12.8 Å². The number of rotatable bonds is 3. The van der Waals surface area contributed by atoms with Gasteiger partial charge in [-0.15, -0.1) is 0 Å². The number of carbonyl (C=O) groups excluding carboxylic acids is 1. The first-order chi connectivity index (χ1) is 13.9. The van der Waals surface area contributed by atoms with Gasteiger partial charge in [-0.3, -0.25) is 0 Å². The minimum atomic E-state index is -1.77. The molecule has 1 aliphatic heterocycles. The van der Waals surface area contributed by atoms with Crippen molar-refractivity contribution in [1.82, 2.24) is 4.57 Å². The third-order valence-electron chi connectivity index (χ3n) is 5.46. The van der Waals surface area contributed by atoms with Gasteiger partial charge in [0.1, 0.15) is 6.07 Å². The topological polar surface area (TPSA) is 99.5 Å². The molecule has 7 nitrogen and oxygen atoms in total. The van der Waals surface area contributed by atoms with Gasteiger partial charge < -0.3 is 24.3 Å². The number of benzene rings is 1. The summed E-state index contributed by atoms with van der Waals surface area (Å²) in [5.74, 6) is -5.85. The Morgan fingerprint density at radius 2 is 1.77 bits per heavy atom. The number of methoxy groups -OCH3 is 1. The van der Waals surface area contributed by atoms with Crippen LogP contribution in [0, 0.1) is 28.8 Å². The van der Waals surface area contributed by atoms with Gasteiger partial charge in [-0.1, -0.05) is 0 Å². The Hall–Kier alpha value is -2.97. The number of ether oxygens (including phenoxy) is 1. The summed E-state index contributed by atoms with van der Waals surface area (Å²) in [4.78, 5) is 12.3. The second-order valence-electron chi connectivity index (χ2n) is 7.79. The second kappa shape index (κ2) is 7.07. The molecular weight excluding hydrogens is 402 g/mol. The molecule has 0 bridgehead atoms. The number of hydrogen-bond acceptors (Lipinski definition) is 6. The quantitative estimate of drug-likeness (QED) is 0.465. The zero-order valence-corrected chi connectivity index (χ0v) is 17.0. The minimum Gasteiger partial charge on any atom is -0.464 e. The van der Waals surface area contributed by atoms with Crippen LogP contribution in [0.1, 0.15) is 43.7 Å². The molecule has 1 fully saturated rings. The second-order valence-corrected chi connectivity index (χ2v) is 7.79. The van der Waals surface area contributed by atoms with Gasteiger partial charge in [0.05, 0.1) is 35.3 Å². The number of hydrogen-bond donors (Lipinski definition) is 1. The predicted molar refractivity (Wildman–Crippen MR) is 102 cm³/mol. The largest absolute Gasteiger partial charge is 0.497 e. The Balaban J connectivity index is 2.34. The molecule has 1 aliphatic rings. The van der Waals surface area contributed by atoms with E-state index in [1.165, 1.54) is 0 Å². The van der Waals surface area contributed by atoms with Crippen molar-refractivity contribution in [3.8, 4) is 11.8 Å². The van der Waals surface area contributed by atoms with Crippen LogP contribution in [0.5, 0.6) is 0 Å². The summed E-state index contributed by atoms with van der Waals surface area (Å²) in [5.41, 5.74) is 2.40. The highest BCUT2D eigenvalue weighted by Crippen LogP contribution is 2.38. The van der Waals surface area contributed by atoms with E-state index in [1.807, 2.05) is 0 Å². The molecule has 2 aromatic rings. The van der Waals surface area contributed by atoms with Crippen molar-refractivity contribution < 1.29 is 32.0 Å². The van der Waals surface area contributed by atoms with Crippen molar-refractivity contribution in [2.24, 2.45) is 0 Å². The smallest absolute Gasteiger partial charge is 0.464 e. The average molecular weight is 421 g/mol. The fraction of sp³-hybridized carbons (Fsp3) is 0.368. The molecule has 0 atom stereocenters. The molecule has 30 heavy (non-hydrogen) atoms. The highest BCUT2D eigenvalue weighted by atomic mass is 19.2. The summed E-state index contributed by atoms with van der Waals surface area (Å²) < 4.78 is 60.6. The normalized spacial score (nSPS) is 17.1. The van der Waals surface area contributed by atoms with Gasteiger partial charge in [0, 0.05) is 11.7 Å². The van der Waals surface area contributed by atoms with Gasteiger partial charge in [0.15, 0.2) is 23.1 Å². The lowest BCUT2D eigenvalue weighted by atomic mass is 9.77. The lowest BCUT2D eigenvalue weighted by Crippen LogP contribution is -2.41. The molecular formula is C19H19BF3N3O4. The molecule has 1 aromatic carbocycles. The third kappa shape index (κ3) is 3.12. The van der Waals surface area contributed by atoms with E-state index in [9.17, 15) is 18.8 Å². The highest BCUT2D eigenvalue weighted by Gasteiger charge is 2.53. The van der Waals surface area contributed by atoms with E-state index >= 15 is 4.39 Å². The molecule has 0 amide bonds. The van der Waals surface area contributed by atoms with Crippen LogP contribution in [0.2, 0.25) is 0 Å². The summed E-state index contributed by atoms with van der Waals surface area (Å²) in [5, 5.41) is 9.27. The number of nitriles is 1. The molecule has 2 heterocycles. The van der Waals surface area contributed by atoms with E-state index in [2.05, 4.69) is 4.74 Å². The molecule has 0 saturated carbocycles. The standard InChI is InChI=1S/C19H19BF3N3O4/c1-18(2)19(3,4)30-20(29-18)10-6-11(21)12(22)13(23)15(10)26-8-9(7-24)14(25)16(26)17(27)28-5/h6,8H,25H2,1-5H3. The van der Waals surface area contributed by atoms with Gasteiger partial charge in [0.2, 0.25) is 0 Å². The van der Waals surface area contributed by atoms with Crippen LogP contribution in [-0.4, -0.2) is 36.0 Å². The summed E-state index contributed by atoms with van der Waals surface area (Å²) >= 11 is 0. The molecule has 2 N–H and O–H groups in total. The summed E-state index contributed by atoms with van der Waals surface area (Å²) in [7, 11) is -0.240. The maximum absolute atomic E-state index is 15.0. The lowest BCUT2D eigenvalue weighted by Gasteiger charge is -2.32. The molecule has 1 aromatic heterocycles. The van der Waals surface area contributed by atoms with E-state index < -0.39 is 53.1 Å². The van der Waals surface area contributed by atoms with Crippen LogP contribution >= 0.6 is 0 Å². The SMILES string of the molecule is COC(=O)c1c(N)c(C#N)cn1-c1c(B2OC(C)(C)C(C)(C)O2)cc(F)c(F)c1F. The fourth-order valence-electron chi connectivity index (χ4n) is 3.09. The number of aromatic nitrogens is 1. The zero-order chi connectivity index (χ0) is 22.6. The predicted octanol–water partition coefficient (Wildman–Crippen LogP) is 2.43. The lowest BCUT2D eigenvalue weighted by molar-refractivity contribution is 0.00578. The number of nitrogens with two attached hydrogens (primary N) is 1. The Morgan fingerprint density at radius 1 is 1.20 bits per heavy atom. The first kappa shape index (κ1) is 21.7. The van der Waals surface area contributed by atoms with Crippen LogP contribution in [0.3, 0.4) is 0 Å². The number of halogens is 3. The Labute approximate surface area is 171 Å². The first-order valence-corrected chi connectivity index (χ1v) is 8.89. The van der Waals surface area contributed by atoms with Crippen LogP contribution in [-0.2, 0) is 14.0 Å². The highest BCUT2D eigenvalue weighted by molar-refractivity contribution is 6.63. The minimum absolute atomic E-state index is 0.181. The van der Waals surface area contributed by atoms with Gasteiger partial charge in [0.25, 0.3) is 0 Å². The maximum Gasteiger partial charge on any atom is 0.497 e. The Kier molecular flexibility index (Phi) is 5.12. The van der Waals surface area contributed by atoms with E-state index in [0.717, 1.165) is 23.9 Å². The van der Waals surface area contributed by atoms with Crippen molar-refractivity contribution >= 4 is 24.2 Å². The van der Waals surface area contributed by atoms with Crippen molar-refractivity contribution in [2.45, 2.75) is 38.9 Å². The van der Waals surface area contributed by atoms with Crippen molar-refractivity contribution in [3.63, 3.8) is 0 Å². The van der Waals surface area contributed by atoms with Gasteiger partial charge in [-0.2, -0.15) is 5.26 Å². The molecule has 3 rings (SSSR count). The molecule has 1 saturated heterocycles. The monoisotopic (exact) mass is 421 g/mol. The first-order valence-electron chi connectivity index (χ1n) is 8.89. The molecule has 0 unspecified atom stereocenters. The van der Waals surface area contributed by atoms with Crippen LogP contribution in [0.25, 0.3) is 5.69 Å². The van der Waals surface area contributed by atoms with Crippen molar-refractivity contribution in [1.29, 1.82) is 5.26 Å². The molecule has 0 aliphatic carbocycles. The maximum atomic E-state index is 15.0. The van der Waals surface area contributed by atoms with Crippen molar-refractivity contribution in [3.05, 3.63) is 41.0 Å². The van der Waals surface area contributed by atoms with Crippen LogP contribution in [0.15, 0.2) is 12.3 Å². The summed E-state index contributed by atoms with van der Waals surface area (Å²) in [6.07, 6.45) is 1.03. The summed E-state index contributed by atoms with van der Waals surface area (Å²) in [6, 6.07) is 2.48. The van der Waals surface area contributed by atoms with Gasteiger partial charge in [-0.05, 0) is 33.8 Å². The summed E-state index contributed by atoms with van der Waals surface area (Å²) in [6.45, 7) is 6.91. The Bertz CT molecular complexity index is 1080. The molecule has 158 valence electrons. The van der Waals surface area contributed by atoms with Crippen LogP contribution in [0.4, 0.5) is 18.9 Å². The number of carbonyl (C=O) groups is 1. The van der Waals surface area contributed by atoms with E-state index in [0.29, 0.717) is 0 Å². The van der Waals surface area contributed by atoms with E-state index in [4.69, 9.17) is 15.0 Å². The van der Waals surface area contributed by atoms with Gasteiger partial charge >= 0.3 is 13.1 Å². The molecule has 0 spiro atoms. The molecule has 0 radical (unpaired) electrons. The van der Waals surface area contributed by atoms with E-state index in [1.54, 1.807) is 33.8 Å².